The van der Waals surface area contributed by atoms with Crippen molar-refractivity contribution in [3.8, 4) is 0 Å². The van der Waals surface area contributed by atoms with Crippen molar-refractivity contribution in [2.45, 2.75) is 11.7 Å². The molecule has 0 aromatic rings. The summed E-state index contributed by atoms with van der Waals surface area (Å²) < 4.78 is 31.2. The van der Waals surface area contributed by atoms with E-state index in [9.17, 15) is 13.2 Å². The Morgan fingerprint density at radius 2 is 1.95 bits per heavy atom. The number of thiol groups is 1. The van der Waals surface area contributed by atoms with E-state index in [-0.39, 0.29) is 17.9 Å². The second kappa shape index (κ2) is 7.98. The number of hydrogen-bond donors (Lipinski definition) is 3. The highest BCUT2D eigenvalue weighted by Crippen LogP contribution is 2.08. The van der Waals surface area contributed by atoms with Crippen LogP contribution in [0.1, 0.15) is 6.42 Å². The Labute approximate surface area is 118 Å². The second-order valence-electron chi connectivity index (χ2n) is 3.59. The van der Waals surface area contributed by atoms with Gasteiger partial charge in [-0.05, 0) is 29.9 Å². The van der Waals surface area contributed by atoms with Crippen LogP contribution in [0.4, 0.5) is 0 Å². The second-order valence-corrected chi connectivity index (χ2v) is 5.63. The molecule has 19 heavy (non-hydrogen) atoms. The van der Waals surface area contributed by atoms with Crippen molar-refractivity contribution in [2.75, 3.05) is 5.75 Å². The number of nitrogens with one attached hydrogen (secondary N) is 1. The highest BCUT2D eigenvalue weighted by Gasteiger charge is 2.30. The van der Waals surface area contributed by atoms with Gasteiger partial charge < -0.3 is 5.32 Å². The van der Waals surface area contributed by atoms with Gasteiger partial charge in [0.05, 0.1) is 0 Å². The largest absolute Gasteiger partial charge is 0.325 e. The lowest BCUT2D eigenvalue weighted by Gasteiger charge is -2.13. The third-order valence-electron chi connectivity index (χ3n) is 2.13. The lowest BCUT2D eigenvalue weighted by molar-refractivity contribution is -0.120. The molecule has 1 amide bonds. The maximum Gasteiger partial charge on any atom is 0.276 e. The molecule has 5 nitrogen and oxygen atoms in total. The summed E-state index contributed by atoms with van der Waals surface area (Å²) in [6.45, 7) is 10.6. The molecule has 0 radical (unpaired) electrons. The van der Waals surface area contributed by atoms with Crippen molar-refractivity contribution >= 4 is 28.7 Å². The topological polar surface area (TPSA) is 83.5 Å². The number of carbonyl (C=O) groups excluding carboxylic acids is 1. The molecule has 2 N–H and O–H groups in total. The van der Waals surface area contributed by atoms with Crippen LogP contribution in [0.25, 0.3) is 0 Å². The lowest BCUT2D eigenvalue weighted by Crippen LogP contribution is -2.39. The Morgan fingerprint density at radius 1 is 1.37 bits per heavy atom. The van der Waals surface area contributed by atoms with Gasteiger partial charge in [0.25, 0.3) is 10.1 Å². The third-order valence-corrected chi connectivity index (χ3v) is 3.56. The minimum absolute atomic E-state index is 0.0966. The normalized spacial score (nSPS) is 13.5. The van der Waals surface area contributed by atoms with Gasteiger partial charge in [0.1, 0.15) is 0 Å². The van der Waals surface area contributed by atoms with Crippen molar-refractivity contribution in [1.82, 2.24) is 5.32 Å². The molecular formula is C12H17NO4S2. The summed E-state index contributed by atoms with van der Waals surface area (Å²) >= 11 is 3.85. The predicted molar refractivity (Wildman–Crippen MR) is 79.6 cm³/mol. The molecule has 0 spiro atoms. The number of carbonyl (C=O) groups is 1. The van der Waals surface area contributed by atoms with Crippen molar-refractivity contribution in [2.24, 2.45) is 0 Å². The van der Waals surface area contributed by atoms with Crippen molar-refractivity contribution in [3.63, 3.8) is 0 Å². The summed E-state index contributed by atoms with van der Waals surface area (Å²) in [4.78, 5) is 11.8. The molecule has 0 saturated carbocycles. The van der Waals surface area contributed by atoms with E-state index < -0.39 is 21.3 Å². The first kappa shape index (κ1) is 17.7. The van der Waals surface area contributed by atoms with E-state index in [1.54, 1.807) is 0 Å². The molecule has 0 aliphatic heterocycles. The molecule has 0 heterocycles. The predicted octanol–water partition coefficient (Wildman–Crippen LogP) is 1.49. The molecule has 0 aromatic heterocycles. The van der Waals surface area contributed by atoms with E-state index in [0.717, 1.165) is 0 Å². The fourth-order valence-electron chi connectivity index (χ4n) is 1.16. The minimum atomic E-state index is -4.48. The zero-order chi connectivity index (χ0) is 15.1. The molecule has 0 fully saturated rings. The quantitative estimate of drug-likeness (QED) is 0.360. The van der Waals surface area contributed by atoms with Crippen LogP contribution in [0.15, 0.2) is 49.2 Å². The van der Waals surface area contributed by atoms with Gasteiger partial charge in [-0.3, -0.25) is 9.35 Å². The van der Waals surface area contributed by atoms with Gasteiger partial charge in [0.15, 0.2) is 5.25 Å². The van der Waals surface area contributed by atoms with Crippen LogP contribution in [-0.2, 0) is 14.9 Å². The molecule has 0 bridgehead atoms. The number of allylic oxidation sites excluding steroid dienone is 4. The monoisotopic (exact) mass is 303 g/mol. The van der Waals surface area contributed by atoms with E-state index in [2.05, 4.69) is 37.7 Å². The van der Waals surface area contributed by atoms with Crippen LogP contribution in [0, 0.1) is 0 Å². The van der Waals surface area contributed by atoms with Gasteiger partial charge in [-0.1, -0.05) is 25.8 Å². The van der Waals surface area contributed by atoms with Gasteiger partial charge in [-0.15, -0.1) is 0 Å². The van der Waals surface area contributed by atoms with Gasteiger partial charge in [0, 0.05) is 5.70 Å². The number of hydrogen-bond acceptors (Lipinski definition) is 4. The van der Waals surface area contributed by atoms with Gasteiger partial charge in [0.2, 0.25) is 5.91 Å². The number of rotatable bonds is 8. The molecule has 0 saturated heterocycles. The Morgan fingerprint density at radius 3 is 2.32 bits per heavy atom. The molecular weight excluding hydrogens is 286 g/mol. The lowest BCUT2D eigenvalue weighted by atomic mass is 10.2. The van der Waals surface area contributed by atoms with Crippen LogP contribution in [0.2, 0.25) is 0 Å². The zero-order valence-electron chi connectivity index (χ0n) is 10.4. The summed E-state index contributed by atoms with van der Waals surface area (Å²) in [7, 11) is -4.48. The van der Waals surface area contributed by atoms with Gasteiger partial charge >= 0.3 is 0 Å². The maximum atomic E-state index is 11.8. The van der Waals surface area contributed by atoms with E-state index in [1.807, 2.05) is 0 Å². The highest BCUT2D eigenvalue weighted by molar-refractivity contribution is 7.87. The van der Waals surface area contributed by atoms with Gasteiger partial charge in [-0.25, -0.2) is 0 Å². The molecule has 0 rings (SSSR count). The van der Waals surface area contributed by atoms with E-state index >= 15 is 0 Å². The van der Waals surface area contributed by atoms with Crippen molar-refractivity contribution in [3.05, 3.63) is 49.2 Å². The minimum Gasteiger partial charge on any atom is -0.325 e. The molecule has 0 aliphatic carbocycles. The molecule has 7 heteroatoms. The van der Waals surface area contributed by atoms with Crippen LogP contribution in [0.3, 0.4) is 0 Å². The molecule has 0 aromatic carbocycles. The smallest absolute Gasteiger partial charge is 0.276 e. The summed E-state index contributed by atoms with van der Waals surface area (Å²) in [6, 6.07) is 0. The van der Waals surface area contributed by atoms with Crippen LogP contribution in [0.5, 0.6) is 0 Å². The van der Waals surface area contributed by atoms with E-state index in [0.29, 0.717) is 5.57 Å². The summed E-state index contributed by atoms with van der Waals surface area (Å²) in [5.41, 5.74) is 0.788. The fourth-order valence-corrected chi connectivity index (χ4v) is 2.34. The first-order chi connectivity index (χ1) is 8.76. The van der Waals surface area contributed by atoms with E-state index in [4.69, 9.17) is 4.55 Å². The van der Waals surface area contributed by atoms with Crippen LogP contribution >= 0.6 is 12.6 Å². The maximum absolute atomic E-state index is 11.8. The zero-order valence-corrected chi connectivity index (χ0v) is 12.1. The number of amides is 1. The summed E-state index contributed by atoms with van der Waals surface area (Å²) in [5, 5.41) is 0.781. The first-order valence-electron chi connectivity index (χ1n) is 5.29. The fraction of sp³-hybridized carbons (Fsp3) is 0.250. The molecule has 1 unspecified atom stereocenters. The third kappa shape index (κ3) is 6.42. The van der Waals surface area contributed by atoms with Crippen molar-refractivity contribution in [1.29, 1.82) is 0 Å². The van der Waals surface area contributed by atoms with Gasteiger partial charge in [-0.2, -0.15) is 21.0 Å². The molecule has 106 valence electrons. The molecule has 0 aliphatic rings. The van der Waals surface area contributed by atoms with E-state index in [1.165, 1.54) is 18.2 Å². The van der Waals surface area contributed by atoms with Crippen LogP contribution < -0.4 is 5.32 Å². The SMILES string of the molecule is C=CC(=C)/C=C(\C=C)NC(=O)C(CCS)S(=O)(=O)O. The first-order valence-corrected chi connectivity index (χ1v) is 7.43. The Balaban J connectivity index is 5.09. The van der Waals surface area contributed by atoms with Crippen LogP contribution in [-0.4, -0.2) is 29.9 Å². The average molecular weight is 303 g/mol. The highest BCUT2D eigenvalue weighted by atomic mass is 32.2. The standard InChI is InChI=1S/C12H17NO4S2/c1-4-9(3)8-10(5-2)13-12(14)11(6-7-18)19(15,16)17/h4-5,8,11,18H,1-3,6-7H2,(H,13,14)(H,15,16,17)/b10-8+. The Hall–Kier alpha value is -1.31. The summed E-state index contributed by atoms with van der Waals surface area (Å²) in [6.07, 6.45) is 4.16. The Kier molecular flexibility index (Phi) is 7.43. The summed E-state index contributed by atoms with van der Waals surface area (Å²) in [5.74, 6) is -0.704. The Bertz CT molecular complexity index is 506. The molecule has 1 atom stereocenters. The average Bonchev–Trinajstić information content (AvgIpc) is 2.33. The van der Waals surface area contributed by atoms with Crippen molar-refractivity contribution < 1.29 is 17.8 Å².